The molecule has 0 aliphatic carbocycles. The first kappa shape index (κ1) is 30.9. The van der Waals surface area contributed by atoms with Crippen LogP contribution in [0.1, 0.15) is 0 Å². The minimum atomic E-state index is 0.899. The van der Waals surface area contributed by atoms with Crippen LogP contribution in [0.5, 0.6) is 0 Å². The van der Waals surface area contributed by atoms with Crippen molar-refractivity contribution >= 4 is 76.1 Å². The van der Waals surface area contributed by atoms with Gasteiger partial charge in [0.2, 0.25) is 0 Å². The van der Waals surface area contributed by atoms with Gasteiger partial charge in [-0.1, -0.05) is 158 Å². The van der Waals surface area contributed by atoms with Gasteiger partial charge in [-0.05, 0) is 96.4 Å². The Labute approximate surface area is 322 Å². The Bertz CT molecular complexity index is 3460. The molecule has 0 amide bonds. The molecule has 3 nitrogen and oxygen atoms in total. The van der Waals surface area contributed by atoms with Gasteiger partial charge >= 0.3 is 0 Å². The molecule has 2 heterocycles. The molecule has 0 aliphatic heterocycles. The standard InChI is InChI=1S/C53H32N2O/c1-2-14-36(15-3-1)55-47-25-13-12-24-46(47)54-53(55)34-28-26-33(27-29-34)49-40-19-7-9-21-42(40)50(43-22-10-8-20-41(43)49)35-30-31-48-45(32-35)51-39-18-6-4-16-37(39)38-17-5-11-23-44(38)52(51)56-48/h1-32H. The Morgan fingerprint density at radius 3 is 1.55 bits per heavy atom. The van der Waals surface area contributed by atoms with Gasteiger partial charge in [0, 0.05) is 27.4 Å². The number of para-hydroxylation sites is 3. The zero-order valence-corrected chi connectivity index (χ0v) is 30.3. The summed E-state index contributed by atoms with van der Waals surface area (Å²) in [5, 5.41) is 12.0. The van der Waals surface area contributed by atoms with Crippen LogP contribution in [0.25, 0.3) is 115 Å². The third-order valence-electron chi connectivity index (χ3n) is 11.6. The monoisotopic (exact) mass is 712 g/mol. The highest BCUT2D eigenvalue weighted by Gasteiger charge is 2.21. The quantitative estimate of drug-likeness (QED) is 0.134. The van der Waals surface area contributed by atoms with Gasteiger partial charge in [-0.3, -0.25) is 4.57 Å². The average molecular weight is 713 g/mol. The molecule has 56 heavy (non-hydrogen) atoms. The first-order valence-electron chi connectivity index (χ1n) is 19.1. The minimum absolute atomic E-state index is 0.899. The Balaban J connectivity index is 1.07. The first-order valence-corrected chi connectivity index (χ1v) is 19.1. The van der Waals surface area contributed by atoms with E-state index in [2.05, 4.69) is 199 Å². The number of furan rings is 1. The lowest BCUT2D eigenvalue weighted by Gasteiger charge is -2.18. The number of benzene rings is 10. The second kappa shape index (κ2) is 12.0. The van der Waals surface area contributed by atoms with Crippen molar-refractivity contribution in [3.05, 3.63) is 194 Å². The first-order chi connectivity index (χ1) is 27.8. The van der Waals surface area contributed by atoms with E-state index in [0.29, 0.717) is 0 Å². The Morgan fingerprint density at radius 2 is 0.875 bits per heavy atom. The molecule has 12 aromatic rings. The van der Waals surface area contributed by atoms with Crippen LogP contribution in [0.15, 0.2) is 199 Å². The van der Waals surface area contributed by atoms with Crippen LogP contribution in [0.3, 0.4) is 0 Å². The van der Waals surface area contributed by atoms with Crippen LogP contribution >= 0.6 is 0 Å². The molecule has 0 spiro atoms. The van der Waals surface area contributed by atoms with Crippen molar-refractivity contribution in [2.24, 2.45) is 0 Å². The molecular formula is C53H32N2O. The predicted octanol–water partition coefficient (Wildman–Crippen LogP) is 14.5. The lowest BCUT2D eigenvalue weighted by molar-refractivity contribution is 0.673. The van der Waals surface area contributed by atoms with Crippen LogP contribution < -0.4 is 0 Å². The maximum absolute atomic E-state index is 6.70. The zero-order chi connectivity index (χ0) is 36.7. The summed E-state index contributed by atoms with van der Waals surface area (Å²) >= 11 is 0. The normalized spacial score (nSPS) is 11.9. The summed E-state index contributed by atoms with van der Waals surface area (Å²) in [6, 6.07) is 69.6. The number of nitrogens with zero attached hydrogens (tertiary/aromatic N) is 2. The Kier molecular flexibility index (Phi) is 6.63. The number of rotatable bonds is 4. The van der Waals surface area contributed by atoms with Crippen LogP contribution in [0, 0.1) is 0 Å². The van der Waals surface area contributed by atoms with E-state index in [1.165, 1.54) is 65.3 Å². The van der Waals surface area contributed by atoms with Crippen LogP contribution in [0.2, 0.25) is 0 Å². The molecule has 0 N–H and O–H groups in total. The second-order valence-corrected chi connectivity index (χ2v) is 14.6. The van der Waals surface area contributed by atoms with Gasteiger partial charge in [-0.15, -0.1) is 0 Å². The molecule has 12 rings (SSSR count). The third kappa shape index (κ3) is 4.49. The van der Waals surface area contributed by atoms with Crippen molar-refractivity contribution in [1.82, 2.24) is 9.55 Å². The fraction of sp³-hybridized carbons (Fsp3) is 0. The molecule has 0 saturated heterocycles. The van der Waals surface area contributed by atoms with E-state index in [1.54, 1.807) is 0 Å². The summed E-state index contributed by atoms with van der Waals surface area (Å²) in [5.41, 5.74) is 10.9. The van der Waals surface area contributed by atoms with E-state index in [0.717, 1.165) is 50.0 Å². The van der Waals surface area contributed by atoms with E-state index in [-0.39, 0.29) is 0 Å². The third-order valence-corrected chi connectivity index (χ3v) is 11.6. The molecule has 0 atom stereocenters. The Hall–Kier alpha value is -7.49. The Morgan fingerprint density at radius 1 is 0.375 bits per heavy atom. The topological polar surface area (TPSA) is 31.0 Å². The van der Waals surface area contributed by atoms with Crippen molar-refractivity contribution in [3.63, 3.8) is 0 Å². The molecule has 10 aromatic carbocycles. The molecule has 0 aliphatic rings. The van der Waals surface area contributed by atoms with E-state index in [9.17, 15) is 0 Å². The number of hydrogen-bond donors (Lipinski definition) is 0. The summed E-state index contributed by atoms with van der Waals surface area (Å²) in [6.07, 6.45) is 0. The summed E-state index contributed by atoms with van der Waals surface area (Å²) < 4.78 is 8.96. The SMILES string of the molecule is c1ccc(-n2c(-c3ccc(-c4c5ccccc5c(-c5ccc6oc7c8ccccc8c8ccccc8c7c6c5)c5ccccc45)cc3)nc3ccccc32)cc1. The van der Waals surface area contributed by atoms with Crippen LogP contribution in [-0.2, 0) is 0 Å². The highest BCUT2D eigenvalue weighted by Crippen LogP contribution is 2.46. The highest BCUT2D eigenvalue weighted by atomic mass is 16.3. The zero-order valence-electron chi connectivity index (χ0n) is 30.3. The minimum Gasteiger partial charge on any atom is -0.455 e. The van der Waals surface area contributed by atoms with E-state index in [4.69, 9.17) is 9.40 Å². The summed E-state index contributed by atoms with van der Waals surface area (Å²) in [4.78, 5) is 5.13. The molecule has 0 saturated carbocycles. The molecule has 0 unspecified atom stereocenters. The molecule has 260 valence electrons. The number of hydrogen-bond acceptors (Lipinski definition) is 2. The lowest BCUT2D eigenvalue weighted by Crippen LogP contribution is -1.97. The summed E-state index contributed by atoms with van der Waals surface area (Å²) in [6.45, 7) is 0. The van der Waals surface area contributed by atoms with Crippen molar-refractivity contribution in [3.8, 4) is 39.3 Å². The largest absolute Gasteiger partial charge is 0.455 e. The van der Waals surface area contributed by atoms with Crippen molar-refractivity contribution in [1.29, 1.82) is 0 Å². The maximum atomic E-state index is 6.70. The van der Waals surface area contributed by atoms with Crippen LogP contribution in [-0.4, -0.2) is 9.55 Å². The van der Waals surface area contributed by atoms with Gasteiger partial charge in [-0.2, -0.15) is 0 Å². The van der Waals surface area contributed by atoms with Gasteiger partial charge in [-0.25, -0.2) is 4.98 Å². The van der Waals surface area contributed by atoms with E-state index < -0.39 is 0 Å². The molecular weight excluding hydrogens is 681 g/mol. The van der Waals surface area contributed by atoms with Crippen molar-refractivity contribution < 1.29 is 4.42 Å². The van der Waals surface area contributed by atoms with E-state index in [1.807, 2.05) is 0 Å². The second-order valence-electron chi connectivity index (χ2n) is 14.6. The van der Waals surface area contributed by atoms with Gasteiger partial charge < -0.3 is 4.42 Å². The maximum Gasteiger partial charge on any atom is 0.145 e. The molecule has 0 radical (unpaired) electrons. The molecule has 3 heteroatoms. The highest BCUT2D eigenvalue weighted by molar-refractivity contribution is 6.31. The smallest absolute Gasteiger partial charge is 0.145 e. The van der Waals surface area contributed by atoms with Gasteiger partial charge in [0.05, 0.1) is 11.0 Å². The molecule has 0 fully saturated rings. The van der Waals surface area contributed by atoms with Gasteiger partial charge in [0.1, 0.15) is 17.0 Å². The lowest BCUT2D eigenvalue weighted by atomic mass is 9.85. The summed E-state index contributed by atoms with van der Waals surface area (Å²) in [5.74, 6) is 0.928. The van der Waals surface area contributed by atoms with Gasteiger partial charge in [0.15, 0.2) is 0 Å². The fourth-order valence-electron chi connectivity index (χ4n) is 9.16. The number of imidazole rings is 1. The fourth-order valence-corrected chi connectivity index (χ4v) is 9.16. The number of fused-ring (bicyclic) bond motifs is 11. The number of aromatic nitrogens is 2. The summed E-state index contributed by atoms with van der Waals surface area (Å²) in [7, 11) is 0. The van der Waals surface area contributed by atoms with E-state index >= 15 is 0 Å². The average Bonchev–Trinajstić information content (AvgIpc) is 3.85. The van der Waals surface area contributed by atoms with Gasteiger partial charge in [0.25, 0.3) is 0 Å². The molecule has 2 aromatic heterocycles. The van der Waals surface area contributed by atoms with Crippen LogP contribution in [0.4, 0.5) is 0 Å². The molecule has 0 bridgehead atoms. The van der Waals surface area contributed by atoms with Crippen molar-refractivity contribution in [2.45, 2.75) is 0 Å². The van der Waals surface area contributed by atoms with Crippen molar-refractivity contribution in [2.75, 3.05) is 0 Å². The predicted molar refractivity (Wildman–Crippen MR) is 235 cm³/mol.